The highest BCUT2D eigenvalue weighted by Gasteiger charge is 2.21. The van der Waals surface area contributed by atoms with Gasteiger partial charge in [0.15, 0.2) is 0 Å². The number of rotatable bonds is 6. The summed E-state index contributed by atoms with van der Waals surface area (Å²) in [6.45, 7) is 4.70. The molecule has 0 aromatic rings. The molecule has 2 N–H and O–H groups in total. The highest BCUT2D eigenvalue weighted by Crippen LogP contribution is 2.31. The number of nitrogens with one attached hydrogen (secondary N) is 2. The van der Waals surface area contributed by atoms with Crippen LogP contribution in [0.25, 0.3) is 0 Å². The molecule has 2 amide bonds. The van der Waals surface area contributed by atoms with Crippen molar-refractivity contribution in [3.8, 4) is 0 Å². The molecule has 0 saturated heterocycles. The van der Waals surface area contributed by atoms with Crippen LogP contribution >= 0.6 is 0 Å². The molecule has 1 saturated carbocycles. The van der Waals surface area contributed by atoms with Gasteiger partial charge in [-0.05, 0) is 11.8 Å². The minimum Gasteiger partial charge on any atom is -0.355 e. The van der Waals surface area contributed by atoms with Crippen LogP contribution in [0.5, 0.6) is 0 Å². The lowest BCUT2D eigenvalue weighted by molar-refractivity contribution is -0.123. The van der Waals surface area contributed by atoms with E-state index < -0.39 is 0 Å². The zero-order valence-electron chi connectivity index (χ0n) is 11.6. The predicted octanol–water partition coefficient (Wildman–Crippen LogP) is 1.85. The van der Waals surface area contributed by atoms with E-state index in [-0.39, 0.29) is 11.8 Å². The summed E-state index contributed by atoms with van der Waals surface area (Å²) in [6.07, 6.45) is 7.16. The van der Waals surface area contributed by atoms with Crippen molar-refractivity contribution in [3.63, 3.8) is 0 Å². The minimum atomic E-state index is -0.0557. The molecule has 1 aliphatic carbocycles. The molecular formula is C14H26N2O2. The lowest BCUT2D eigenvalue weighted by Gasteiger charge is -2.27. The van der Waals surface area contributed by atoms with Gasteiger partial charge in [-0.15, -0.1) is 0 Å². The van der Waals surface area contributed by atoms with E-state index in [1.165, 1.54) is 39.0 Å². The Morgan fingerprint density at radius 1 is 1.11 bits per heavy atom. The van der Waals surface area contributed by atoms with Crippen LogP contribution in [0.3, 0.4) is 0 Å². The molecule has 0 aromatic heterocycles. The molecule has 4 heteroatoms. The third kappa shape index (κ3) is 6.03. The van der Waals surface area contributed by atoms with Gasteiger partial charge in [-0.3, -0.25) is 9.59 Å². The van der Waals surface area contributed by atoms with Crippen LogP contribution in [-0.2, 0) is 9.59 Å². The molecule has 0 radical (unpaired) electrons. The van der Waals surface area contributed by atoms with Crippen molar-refractivity contribution >= 4 is 11.8 Å². The molecular weight excluding hydrogens is 228 g/mol. The van der Waals surface area contributed by atoms with Gasteiger partial charge in [0.25, 0.3) is 0 Å². The SMILES string of the molecule is CC(=O)NCCNC(=O)CC(C)C1CCCCC1. The molecule has 1 unspecified atom stereocenters. The fourth-order valence-electron chi connectivity index (χ4n) is 2.67. The molecule has 1 fully saturated rings. The number of carbonyl (C=O) groups excluding carboxylic acids is 2. The quantitative estimate of drug-likeness (QED) is 0.711. The van der Waals surface area contributed by atoms with Crippen LogP contribution in [0.15, 0.2) is 0 Å². The summed E-state index contributed by atoms with van der Waals surface area (Å²) in [4.78, 5) is 22.4. The van der Waals surface area contributed by atoms with E-state index in [4.69, 9.17) is 0 Å². The molecule has 1 aliphatic rings. The zero-order valence-corrected chi connectivity index (χ0v) is 11.6. The van der Waals surface area contributed by atoms with E-state index in [9.17, 15) is 9.59 Å². The first kappa shape index (κ1) is 15.0. The van der Waals surface area contributed by atoms with Crippen molar-refractivity contribution in [1.82, 2.24) is 10.6 Å². The molecule has 0 spiro atoms. The Morgan fingerprint density at radius 3 is 2.33 bits per heavy atom. The first-order valence-electron chi connectivity index (χ1n) is 7.10. The zero-order chi connectivity index (χ0) is 13.4. The van der Waals surface area contributed by atoms with Gasteiger partial charge in [0.2, 0.25) is 11.8 Å². The molecule has 104 valence electrons. The van der Waals surface area contributed by atoms with Crippen LogP contribution in [0.4, 0.5) is 0 Å². The molecule has 0 aliphatic heterocycles. The minimum absolute atomic E-state index is 0.0557. The Balaban J connectivity index is 2.12. The summed E-state index contributed by atoms with van der Waals surface area (Å²) in [6, 6.07) is 0. The fourth-order valence-corrected chi connectivity index (χ4v) is 2.67. The summed E-state index contributed by atoms with van der Waals surface area (Å²) in [7, 11) is 0. The van der Waals surface area contributed by atoms with Gasteiger partial charge in [-0.2, -0.15) is 0 Å². The summed E-state index contributed by atoms with van der Waals surface area (Å²) in [5, 5.41) is 5.52. The van der Waals surface area contributed by atoms with Crippen LogP contribution in [0, 0.1) is 11.8 Å². The third-order valence-corrected chi connectivity index (χ3v) is 3.78. The summed E-state index contributed by atoms with van der Waals surface area (Å²) in [5.74, 6) is 1.25. The van der Waals surface area contributed by atoms with E-state index >= 15 is 0 Å². The second kappa shape index (κ2) is 8.11. The van der Waals surface area contributed by atoms with Crippen LogP contribution in [0.2, 0.25) is 0 Å². The van der Waals surface area contributed by atoms with Crippen LogP contribution < -0.4 is 10.6 Å². The average molecular weight is 254 g/mol. The van der Waals surface area contributed by atoms with Gasteiger partial charge >= 0.3 is 0 Å². The molecule has 0 aromatic carbocycles. The van der Waals surface area contributed by atoms with Gasteiger partial charge in [0.1, 0.15) is 0 Å². The first-order chi connectivity index (χ1) is 8.59. The summed E-state index contributed by atoms with van der Waals surface area (Å²) in [5.41, 5.74) is 0. The van der Waals surface area contributed by atoms with Crippen molar-refractivity contribution in [2.45, 2.75) is 52.4 Å². The average Bonchev–Trinajstić information content (AvgIpc) is 2.35. The van der Waals surface area contributed by atoms with Gasteiger partial charge < -0.3 is 10.6 Å². The van der Waals surface area contributed by atoms with Gasteiger partial charge in [-0.1, -0.05) is 39.0 Å². The lowest BCUT2D eigenvalue weighted by atomic mass is 9.79. The fraction of sp³-hybridized carbons (Fsp3) is 0.857. The van der Waals surface area contributed by atoms with Crippen molar-refractivity contribution in [2.24, 2.45) is 11.8 Å². The highest BCUT2D eigenvalue weighted by molar-refractivity contribution is 5.76. The Morgan fingerprint density at radius 2 is 1.72 bits per heavy atom. The van der Waals surface area contributed by atoms with Gasteiger partial charge in [-0.25, -0.2) is 0 Å². The monoisotopic (exact) mass is 254 g/mol. The standard InChI is InChI=1S/C14H26N2O2/c1-11(13-6-4-3-5-7-13)10-14(18)16-9-8-15-12(2)17/h11,13H,3-10H2,1-2H3,(H,15,17)(H,16,18). The maximum Gasteiger partial charge on any atom is 0.220 e. The van der Waals surface area contributed by atoms with Crippen LogP contribution in [0.1, 0.15) is 52.4 Å². The van der Waals surface area contributed by atoms with E-state index in [1.54, 1.807) is 0 Å². The van der Waals surface area contributed by atoms with E-state index in [0.29, 0.717) is 25.4 Å². The smallest absolute Gasteiger partial charge is 0.220 e. The highest BCUT2D eigenvalue weighted by atomic mass is 16.2. The first-order valence-corrected chi connectivity index (χ1v) is 7.10. The molecule has 1 atom stereocenters. The molecule has 4 nitrogen and oxygen atoms in total. The molecule has 0 bridgehead atoms. The number of hydrogen-bond acceptors (Lipinski definition) is 2. The number of hydrogen-bond donors (Lipinski definition) is 2. The normalized spacial score (nSPS) is 18.1. The van der Waals surface area contributed by atoms with Gasteiger partial charge in [0.05, 0.1) is 0 Å². The molecule has 18 heavy (non-hydrogen) atoms. The van der Waals surface area contributed by atoms with E-state index in [2.05, 4.69) is 17.6 Å². The third-order valence-electron chi connectivity index (χ3n) is 3.78. The van der Waals surface area contributed by atoms with Crippen LogP contribution in [-0.4, -0.2) is 24.9 Å². The maximum absolute atomic E-state index is 11.7. The maximum atomic E-state index is 11.7. The van der Waals surface area contributed by atoms with Crippen molar-refractivity contribution in [2.75, 3.05) is 13.1 Å². The second-order valence-electron chi connectivity index (χ2n) is 5.41. The largest absolute Gasteiger partial charge is 0.355 e. The topological polar surface area (TPSA) is 58.2 Å². The summed E-state index contributed by atoms with van der Waals surface area (Å²) < 4.78 is 0. The predicted molar refractivity (Wildman–Crippen MR) is 72.0 cm³/mol. The van der Waals surface area contributed by atoms with Crippen molar-refractivity contribution in [3.05, 3.63) is 0 Å². The lowest BCUT2D eigenvalue weighted by Crippen LogP contribution is -2.34. The van der Waals surface area contributed by atoms with E-state index in [0.717, 1.165) is 5.92 Å². The van der Waals surface area contributed by atoms with Crippen molar-refractivity contribution in [1.29, 1.82) is 0 Å². The Labute approximate surface area is 110 Å². The summed E-state index contributed by atoms with van der Waals surface area (Å²) >= 11 is 0. The van der Waals surface area contributed by atoms with Crippen molar-refractivity contribution < 1.29 is 9.59 Å². The number of amides is 2. The Bertz CT molecular complexity index is 273. The Hall–Kier alpha value is -1.06. The molecule has 0 heterocycles. The molecule has 1 rings (SSSR count). The van der Waals surface area contributed by atoms with Gasteiger partial charge in [0, 0.05) is 26.4 Å². The van der Waals surface area contributed by atoms with E-state index in [1.807, 2.05) is 0 Å². The number of carbonyl (C=O) groups is 2. The Kier molecular flexibility index (Phi) is 6.76. The second-order valence-corrected chi connectivity index (χ2v) is 5.41.